The Hall–Kier alpha value is -1.75. The summed E-state index contributed by atoms with van der Waals surface area (Å²) in [5.74, 6) is 2.51. The van der Waals surface area contributed by atoms with Crippen molar-refractivity contribution in [1.82, 2.24) is 9.55 Å². The zero-order valence-electron chi connectivity index (χ0n) is 11.2. The number of nitrogens with two attached hydrogens (primary N) is 1. The second kappa shape index (κ2) is 5.09. The third-order valence-corrected chi connectivity index (χ3v) is 3.41. The number of aromatic nitrogens is 2. The van der Waals surface area contributed by atoms with Crippen LogP contribution >= 0.6 is 0 Å². The van der Waals surface area contributed by atoms with Gasteiger partial charge >= 0.3 is 0 Å². The zero-order chi connectivity index (χ0) is 13.2. The van der Waals surface area contributed by atoms with Crippen LogP contribution in [-0.2, 0) is 13.1 Å². The Labute approximate surface area is 112 Å². The summed E-state index contributed by atoms with van der Waals surface area (Å²) < 4.78 is 13.4. The highest BCUT2D eigenvalue weighted by atomic mass is 16.6. The molecule has 1 aromatic heterocycles. The Bertz CT molecular complexity index is 592. The van der Waals surface area contributed by atoms with Crippen LogP contribution in [0.4, 0.5) is 0 Å². The summed E-state index contributed by atoms with van der Waals surface area (Å²) in [6, 6.07) is 3.97. The van der Waals surface area contributed by atoms with Gasteiger partial charge in [0.15, 0.2) is 11.5 Å². The summed E-state index contributed by atoms with van der Waals surface area (Å²) in [7, 11) is 0. The van der Waals surface area contributed by atoms with Crippen LogP contribution in [-0.4, -0.2) is 22.8 Å². The number of ether oxygens (including phenoxy) is 2. The number of hydrogen-bond acceptors (Lipinski definition) is 4. The number of nitrogens with zero attached hydrogens (tertiary/aromatic N) is 2. The number of unbranched alkanes of at least 4 members (excludes halogenated alkanes) is 1. The van der Waals surface area contributed by atoms with E-state index in [1.54, 1.807) is 0 Å². The van der Waals surface area contributed by atoms with Crippen LogP contribution in [0.25, 0.3) is 11.0 Å². The second-order valence-electron chi connectivity index (χ2n) is 4.72. The standard InChI is InChI=1S/C14H19N3O2/c1-2-3-4-17-11-8-13-12(18-5-6-19-13)7-10(11)16-14(17)9-15/h7-8H,2-6,9,15H2,1H3. The van der Waals surface area contributed by atoms with E-state index in [4.69, 9.17) is 15.2 Å². The van der Waals surface area contributed by atoms with Crippen LogP contribution in [0.15, 0.2) is 12.1 Å². The van der Waals surface area contributed by atoms with Crippen molar-refractivity contribution in [3.05, 3.63) is 18.0 Å². The number of hydrogen-bond donors (Lipinski definition) is 1. The van der Waals surface area contributed by atoms with Gasteiger partial charge in [-0.25, -0.2) is 4.98 Å². The summed E-state index contributed by atoms with van der Waals surface area (Å²) in [4.78, 5) is 4.59. The van der Waals surface area contributed by atoms with Crippen molar-refractivity contribution in [3.63, 3.8) is 0 Å². The lowest BCUT2D eigenvalue weighted by Crippen LogP contribution is -2.15. The number of rotatable bonds is 4. The van der Waals surface area contributed by atoms with Crippen molar-refractivity contribution in [1.29, 1.82) is 0 Å². The average molecular weight is 261 g/mol. The lowest BCUT2D eigenvalue weighted by Gasteiger charge is -2.18. The van der Waals surface area contributed by atoms with Gasteiger partial charge in [-0.3, -0.25) is 0 Å². The molecule has 0 spiro atoms. The van der Waals surface area contributed by atoms with E-state index < -0.39 is 0 Å². The number of benzene rings is 1. The molecule has 0 atom stereocenters. The third-order valence-electron chi connectivity index (χ3n) is 3.41. The van der Waals surface area contributed by atoms with Crippen LogP contribution in [0.1, 0.15) is 25.6 Å². The Morgan fingerprint density at radius 1 is 1.26 bits per heavy atom. The number of imidazole rings is 1. The highest BCUT2D eigenvalue weighted by Gasteiger charge is 2.17. The molecule has 0 bridgehead atoms. The molecule has 3 rings (SSSR count). The highest BCUT2D eigenvalue weighted by Crippen LogP contribution is 2.34. The van der Waals surface area contributed by atoms with Gasteiger partial charge in [-0.1, -0.05) is 13.3 Å². The molecule has 1 aromatic carbocycles. The monoisotopic (exact) mass is 261 g/mol. The van der Waals surface area contributed by atoms with Crippen LogP contribution in [0.2, 0.25) is 0 Å². The fraction of sp³-hybridized carbons (Fsp3) is 0.500. The van der Waals surface area contributed by atoms with Crippen molar-refractivity contribution < 1.29 is 9.47 Å². The van der Waals surface area contributed by atoms with Crippen LogP contribution in [0.5, 0.6) is 11.5 Å². The first-order valence-electron chi connectivity index (χ1n) is 6.82. The summed E-state index contributed by atoms with van der Waals surface area (Å²) in [5, 5.41) is 0. The van der Waals surface area contributed by atoms with Gasteiger partial charge in [0.05, 0.1) is 17.6 Å². The molecule has 5 nitrogen and oxygen atoms in total. The van der Waals surface area contributed by atoms with Gasteiger partial charge in [-0.2, -0.15) is 0 Å². The Morgan fingerprint density at radius 3 is 2.68 bits per heavy atom. The van der Waals surface area contributed by atoms with Gasteiger partial charge in [0, 0.05) is 18.7 Å². The van der Waals surface area contributed by atoms with Gasteiger partial charge in [-0.05, 0) is 6.42 Å². The van der Waals surface area contributed by atoms with Gasteiger partial charge in [-0.15, -0.1) is 0 Å². The Kier molecular flexibility index (Phi) is 3.29. The molecule has 0 unspecified atom stereocenters. The van der Waals surface area contributed by atoms with Crippen molar-refractivity contribution >= 4 is 11.0 Å². The quantitative estimate of drug-likeness (QED) is 0.915. The molecule has 5 heteroatoms. The average Bonchev–Trinajstić information content (AvgIpc) is 2.79. The summed E-state index contributed by atoms with van der Waals surface area (Å²) in [5.41, 5.74) is 7.81. The maximum absolute atomic E-state index is 5.79. The molecule has 102 valence electrons. The topological polar surface area (TPSA) is 62.3 Å². The molecule has 0 aliphatic carbocycles. The zero-order valence-corrected chi connectivity index (χ0v) is 11.2. The highest BCUT2D eigenvalue weighted by molar-refractivity contribution is 5.80. The van der Waals surface area contributed by atoms with Crippen molar-refractivity contribution in [2.45, 2.75) is 32.9 Å². The van der Waals surface area contributed by atoms with Gasteiger partial charge in [0.2, 0.25) is 0 Å². The molecule has 0 saturated carbocycles. The van der Waals surface area contributed by atoms with Crippen LogP contribution in [0, 0.1) is 0 Å². The maximum Gasteiger partial charge on any atom is 0.163 e. The molecule has 19 heavy (non-hydrogen) atoms. The van der Waals surface area contributed by atoms with Crippen LogP contribution in [0.3, 0.4) is 0 Å². The third kappa shape index (κ3) is 2.14. The largest absolute Gasteiger partial charge is 0.486 e. The maximum atomic E-state index is 5.79. The first-order valence-corrected chi connectivity index (χ1v) is 6.82. The predicted molar refractivity (Wildman–Crippen MR) is 73.5 cm³/mol. The smallest absolute Gasteiger partial charge is 0.163 e. The Balaban J connectivity index is 2.11. The molecule has 1 aliphatic heterocycles. The van der Waals surface area contributed by atoms with E-state index in [0.29, 0.717) is 19.8 Å². The normalized spacial score (nSPS) is 14.0. The van der Waals surface area contributed by atoms with E-state index >= 15 is 0 Å². The van der Waals surface area contributed by atoms with Gasteiger partial charge in [0.25, 0.3) is 0 Å². The van der Waals surface area contributed by atoms with Crippen molar-refractivity contribution in [2.24, 2.45) is 5.73 Å². The molecule has 2 N–H and O–H groups in total. The van der Waals surface area contributed by atoms with E-state index in [2.05, 4.69) is 16.5 Å². The lowest BCUT2D eigenvalue weighted by molar-refractivity contribution is 0.172. The lowest BCUT2D eigenvalue weighted by atomic mass is 10.2. The summed E-state index contributed by atoms with van der Waals surface area (Å²) in [6.07, 6.45) is 2.27. The van der Waals surface area contributed by atoms with Crippen molar-refractivity contribution in [2.75, 3.05) is 13.2 Å². The molecule has 0 fully saturated rings. The minimum absolute atomic E-state index is 0.449. The van der Waals surface area contributed by atoms with E-state index in [9.17, 15) is 0 Å². The molecular weight excluding hydrogens is 242 g/mol. The van der Waals surface area contributed by atoms with E-state index in [1.165, 1.54) is 0 Å². The fourth-order valence-corrected chi connectivity index (χ4v) is 2.43. The SMILES string of the molecule is CCCCn1c(CN)nc2cc3c(cc21)OCCO3. The molecule has 0 radical (unpaired) electrons. The molecular formula is C14H19N3O2. The Morgan fingerprint density at radius 2 is 2.00 bits per heavy atom. The molecule has 0 amide bonds. The van der Waals surface area contributed by atoms with E-state index in [1.807, 2.05) is 12.1 Å². The second-order valence-corrected chi connectivity index (χ2v) is 4.72. The van der Waals surface area contributed by atoms with E-state index in [0.717, 1.165) is 47.7 Å². The number of aryl methyl sites for hydroxylation is 1. The molecule has 0 saturated heterocycles. The van der Waals surface area contributed by atoms with Crippen LogP contribution < -0.4 is 15.2 Å². The summed E-state index contributed by atoms with van der Waals surface area (Å²) >= 11 is 0. The fourth-order valence-electron chi connectivity index (χ4n) is 2.43. The first-order chi connectivity index (χ1) is 9.33. The molecule has 1 aliphatic rings. The van der Waals surface area contributed by atoms with Crippen molar-refractivity contribution in [3.8, 4) is 11.5 Å². The summed E-state index contributed by atoms with van der Waals surface area (Å²) in [6.45, 7) is 4.77. The van der Waals surface area contributed by atoms with Gasteiger partial charge < -0.3 is 19.8 Å². The number of fused-ring (bicyclic) bond motifs is 2. The molecule has 2 aromatic rings. The minimum atomic E-state index is 0.449. The first kappa shape index (κ1) is 12.3. The predicted octanol–water partition coefficient (Wildman–Crippen LogP) is 2.07. The van der Waals surface area contributed by atoms with Gasteiger partial charge in [0.1, 0.15) is 19.0 Å². The molecule has 2 heterocycles. The van der Waals surface area contributed by atoms with E-state index in [-0.39, 0.29) is 0 Å². The minimum Gasteiger partial charge on any atom is -0.486 e.